The fraction of sp³-hybridized carbons (Fsp3) is 0.176. The smallest absolute Gasteiger partial charge is 0.283 e. The number of nitro benzene ring substituents is 1. The van der Waals surface area contributed by atoms with Gasteiger partial charge in [-0.25, -0.2) is 12.7 Å². The van der Waals surface area contributed by atoms with Gasteiger partial charge in [0.2, 0.25) is 21.8 Å². The second-order valence-electron chi connectivity index (χ2n) is 5.96. The lowest BCUT2D eigenvalue weighted by Crippen LogP contribution is -2.22. The molecule has 2 rings (SSSR count). The highest BCUT2D eigenvalue weighted by Crippen LogP contribution is 2.30. The largest absolute Gasteiger partial charge is 0.366 e. The Morgan fingerprint density at radius 1 is 1.21 bits per heavy atom. The third-order valence-corrected chi connectivity index (χ3v) is 6.57. The van der Waals surface area contributed by atoms with Crippen molar-refractivity contribution in [1.29, 1.82) is 0 Å². The summed E-state index contributed by atoms with van der Waals surface area (Å²) in [6.07, 6.45) is 0. The third kappa shape index (κ3) is 5.53. The summed E-state index contributed by atoms with van der Waals surface area (Å²) in [7, 11) is -0.860. The van der Waals surface area contributed by atoms with Crippen molar-refractivity contribution in [1.82, 2.24) is 4.31 Å². The first-order valence-corrected chi connectivity index (χ1v) is 10.5. The van der Waals surface area contributed by atoms with Crippen LogP contribution in [0.2, 0.25) is 0 Å². The summed E-state index contributed by atoms with van der Waals surface area (Å²) in [6, 6.07) is 9.49. The molecule has 3 N–H and O–H groups in total. The topological polar surface area (TPSA) is 153 Å². The Balaban J connectivity index is 2.12. The van der Waals surface area contributed by atoms with Crippen LogP contribution in [0.5, 0.6) is 0 Å². The Morgan fingerprint density at radius 3 is 2.48 bits per heavy atom. The number of primary amides is 1. The first kappa shape index (κ1) is 22.3. The van der Waals surface area contributed by atoms with E-state index in [4.69, 9.17) is 5.73 Å². The molecule has 29 heavy (non-hydrogen) atoms. The van der Waals surface area contributed by atoms with E-state index in [2.05, 4.69) is 5.32 Å². The van der Waals surface area contributed by atoms with Crippen LogP contribution in [-0.2, 0) is 14.8 Å². The summed E-state index contributed by atoms with van der Waals surface area (Å²) in [6.45, 7) is 0. The molecular formula is C17H18N4O6S2. The molecule has 0 aliphatic heterocycles. The standard InChI is InChI=1S/C17H18N4O6S2/c1-20(2)29(26,27)13-5-3-4-12(9-13)19-16(22)10-28-15-7-6-11(17(18)23)8-14(15)21(24)25/h3-9H,10H2,1-2H3,(H2,18,23)(H,19,22). The molecule has 0 aliphatic carbocycles. The highest BCUT2D eigenvalue weighted by atomic mass is 32.2. The first-order valence-electron chi connectivity index (χ1n) is 8.06. The predicted octanol–water partition coefficient (Wildman–Crippen LogP) is 1.67. The number of hydrogen-bond donors (Lipinski definition) is 2. The number of amides is 2. The van der Waals surface area contributed by atoms with Gasteiger partial charge in [0.25, 0.3) is 5.69 Å². The molecule has 0 heterocycles. The van der Waals surface area contributed by atoms with Gasteiger partial charge in [0.1, 0.15) is 0 Å². The van der Waals surface area contributed by atoms with Gasteiger partial charge in [-0.2, -0.15) is 0 Å². The van der Waals surface area contributed by atoms with Crippen molar-refractivity contribution in [2.45, 2.75) is 9.79 Å². The number of sulfonamides is 1. The second-order valence-corrected chi connectivity index (χ2v) is 9.12. The van der Waals surface area contributed by atoms with E-state index < -0.39 is 26.8 Å². The molecule has 0 aromatic heterocycles. The van der Waals surface area contributed by atoms with Crippen LogP contribution < -0.4 is 11.1 Å². The van der Waals surface area contributed by atoms with Gasteiger partial charge in [0.15, 0.2) is 0 Å². The SMILES string of the molecule is CN(C)S(=O)(=O)c1cccc(NC(=O)CSc2ccc(C(N)=O)cc2[N+](=O)[O-])c1. The second kappa shape index (κ2) is 9.03. The Morgan fingerprint density at radius 2 is 1.90 bits per heavy atom. The number of nitrogens with one attached hydrogen (secondary N) is 1. The zero-order valence-corrected chi connectivity index (χ0v) is 17.1. The molecule has 12 heteroatoms. The zero-order valence-electron chi connectivity index (χ0n) is 15.5. The van der Waals surface area contributed by atoms with Crippen molar-refractivity contribution in [3.05, 3.63) is 58.1 Å². The molecular weight excluding hydrogens is 420 g/mol. The van der Waals surface area contributed by atoms with E-state index in [0.717, 1.165) is 22.1 Å². The monoisotopic (exact) mass is 438 g/mol. The number of benzene rings is 2. The Hall–Kier alpha value is -2.96. The lowest BCUT2D eigenvalue weighted by molar-refractivity contribution is -0.387. The molecule has 154 valence electrons. The number of thioether (sulfide) groups is 1. The molecule has 0 saturated heterocycles. The Bertz CT molecular complexity index is 1070. The zero-order chi connectivity index (χ0) is 21.8. The number of nitrogens with zero attached hydrogens (tertiary/aromatic N) is 2. The molecule has 0 spiro atoms. The number of nitro groups is 1. The van der Waals surface area contributed by atoms with E-state index >= 15 is 0 Å². The number of anilines is 1. The molecule has 0 unspecified atom stereocenters. The minimum atomic E-state index is -3.65. The van der Waals surface area contributed by atoms with E-state index in [-0.39, 0.29) is 32.5 Å². The van der Waals surface area contributed by atoms with E-state index in [1.807, 2.05) is 0 Å². The molecule has 0 bridgehead atoms. The van der Waals surface area contributed by atoms with Crippen molar-refractivity contribution in [3.63, 3.8) is 0 Å². The highest BCUT2D eigenvalue weighted by molar-refractivity contribution is 8.00. The van der Waals surface area contributed by atoms with Crippen molar-refractivity contribution in [3.8, 4) is 0 Å². The average Bonchev–Trinajstić information content (AvgIpc) is 2.66. The van der Waals surface area contributed by atoms with Crippen molar-refractivity contribution in [2.75, 3.05) is 25.2 Å². The quantitative estimate of drug-likeness (QED) is 0.361. The van der Waals surface area contributed by atoms with Crippen molar-refractivity contribution < 1.29 is 22.9 Å². The molecule has 2 amide bonds. The van der Waals surface area contributed by atoms with Crippen LogP contribution in [0, 0.1) is 10.1 Å². The summed E-state index contributed by atoms with van der Waals surface area (Å²) in [5, 5.41) is 13.8. The van der Waals surface area contributed by atoms with Crippen LogP contribution in [0.3, 0.4) is 0 Å². The minimum absolute atomic E-state index is 0.00980. The molecule has 10 nitrogen and oxygen atoms in total. The lowest BCUT2D eigenvalue weighted by Gasteiger charge is -2.12. The molecule has 2 aromatic rings. The van der Waals surface area contributed by atoms with E-state index in [1.54, 1.807) is 0 Å². The molecule has 0 radical (unpaired) electrons. The van der Waals surface area contributed by atoms with Gasteiger partial charge in [-0.3, -0.25) is 19.7 Å². The summed E-state index contributed by atoms with van der Waals surface area (Å²) in [4.78, 5) is 34.1. The minimum Gasteiger partial charge on any atom is -0.366 e. The van der Waals surface area contributed by atoms with Gasteiger partial charge >= 0.3 is 0 Å². The molecule has 0 saturated carbocycles. The maximum atomic E-state index is 12.2. The van der Waals surface area contributed by atoms with E-state index in [1.165, 1.54) is 50.5 Å². The Kier molecular flexibility index (Phi) is 6.95. The molecule has 0 atom stereocenters. The van der Waals surface area contributed by atoms with Crippen LogP contribution in [0.1, 0.15) is 10.4 Å². The van der Waals surface area contributed by atoms with Crippen LogP contribution in [0.25, 0.3) is 0 Å². The number of carbonyl (C=O) groups is 2. The van der Waals surface area contributed by atoms with E-state index in [9.17, 15) is 28.1 Å². The first-order chi connectivity index (χ1) is 13.5. The fourth-order valence-corrected chi connectivity index (χ4v) is 3.97. The summed E-state index contributed by atoms with van der Waals surface area (Å²) >= 11 is 0.905. The molecule has 2 aromatic carbocycles. The fourth-order valence-electron chi connectivity index (χ4n) is 2.22. The van der Waals surface area contributed by atoms with Gasteiger partial charge < -0.3 is 11.1 Å². The molecule has 0 fully saturated rings. The van der Waals surface area contributed by atoms with E-state index in [0.29, 0.717) is 0 Å². The average molecular weight is 438 g/mol. The lowest BCUT2D eigenvalue weighted by atomic mass is 10.2. The van der Waals surface area contributed by atoms with Crippen LogP contribution in [0.15, 0.2) is 52.3 Å². The maximum Gasteiger partial charge on any atom is 0.283 e. The third-order valence-electron chi connectivity index (χ3n) is 3.70. The number of carbonyl (C=O) groups excluding carboxylic acids is 2. The van der Waals surface area contributed by atoms with Crippen LogP contribution >= 0.6 is 11.8 Å². The van der Waals surface area contributed by atoms with Crippen LogP contribution in [-0.4, -0.2) is 49.3 Å². The maximum absolute atomic E-state index is 12.2. The van der Waals surface area contributed by atoms with Gasteiger partial charge in [-0.15, -0.1) is 11.8 Å². The summed E-state index contributed by atoms with van der Waals surface area (Å²) in [5.41, 5.74) is 5.05. The van der Waals surface area contributed by atoms with Gasteiger partial charge in [0.05, 0.1) is 20.5 Å². The van der Waals surface area contributed by atoms with Crippen molar-refractivity contribution >= 4 is 45.0 Å². The van der Waals surface area contributed by atoms with Gasteiger partial charge in [-0.05, 0) is 30.3 Å². The normalized spacial score (nSPS) is 11.3. The van der Waals surface area contributed by atoms with Gasteiger partial charge in [-0.1, -0.05) is 6.07 Å². The van der Waals surface area contributed by atoms with Gasteiger partial charge in [0, 0.05) is 31.4 Å². The number of nitrogens with two attached hydrogens (primary N) is 1. The molecule has 0 aliphatic rings. The van der Waals surface area contributed by atoms with Crippen LogP contribution in [0.4, 0.5) is 11.4 Å². The van der Waals surface area contributed by atoms with Crippen molar-refractivity contribution in [2.24, 2.45) is 5.73 Å². The summed E-state index contributed by atoms with van der Waals surface area (Å²) < 4.78 is 25.4. The Labute approximate surface area is 171 Å². The summed E-state index contributed by atoms with van der Waals surface area (Å²) in [5.74, 6) is -1.45. The number of hydrogen-bond acceptors (Lipinski definition) is 7. The predicted molar refractivity (Wildman–Crippen MR) is 108 cm³/mol. The number of rotatable bonds is 8. The highest BCUT2D eigenvalue weighted by Gasteiger charge is 2.19.